The summed E-state index contributed by atoms with van der Waals surface area (Å²) in [7, 11) is 1.53. The molecule has 0 radical (unpaired) electrons. The smallest absolute Gasteiger partial charge is 0.189 e. The van der Waals surface area contributed by atoms with Gasteiger partial charge in [0.25, 0.3) is 0 Å². The van der Waals surface area contributed by atoms with E-state index >= 15 is 0 Å². The Balaban J connectivity index is 2.15. The van der Waals surface area contributed by atoms with Crippen molar-refractivity contribution in [2.45, 2.75) is 11.0 Å². The highest BCUT2D eigenvalue weighted by molar-refractivity contribution is 9.10. The van der Waals surface area contributed by atoms with E-state index in [-0.39, 0.29) is 10.9 Å². The normalized spacial score (nSPS) is 20.0. The number of ether oxygens (including phenoxy) is 1. The van der Waals surface area contributed by atoms with E-state index in [9.17, 15) is 4.39 Å². The molecule has 118 valence electrons. The third kappa shape index (κ3) is 3.78. The van der Waals surface area contributed by atoms with Crippen molar-refractivity contribution >= 4 is 33.3 Å². The summed E-state index contributed by atoms with van der Waals surface area (Å²) in [4.78, 5) is 1.94. The number of alkyl halides is 1. The monoisotopic (exact) mass is 385 g/mol. The van der Waals surface area contributed by atoms with E-state index in [4.69, 9.17) is 22.7 Å². The molecule has 1 unspecified atom stereocenters. The molecule has 22 heavy (non-hydrogen) atoms. The molecule has 1 aliphatic heterocycles. The summed E-state index contributed by atoms with van der Waals surface area (Å²) >= 11 is 8.49. The van der Waals surface area contributed by atoms with E-state index in [0.29, 0.717) is 24.3 Å². The van der Waals surface area contributed by atoms with Gasteiger partial charge in [-0.25, -0.2) is 4.39 Å². The Morgan fingerprint density at radius 1 is 1.50 bits per heavy atom. The van der Waals surface area contributed by atoms with Gasteiger partial charge < -0.3 is 20.7 Å². The largest absolute Gasteiger partial charge is 0.496 e. The summed E-state index contributed by atoms with van der Waals surface area (Å²) in [5.74, 6) is 0.261. The van der Waals surface area contributed by atoms with Crippen LogP contribution in [0.3, 0.4) is 0 Å². The van der Waals surface area contributed by atoms with E-state index in [0.717, 1.165) is 0 Å². The Morgan fingerprint density at radius 2 is 2.27 bits per heavy atom. The Morgan fingerprint density at radius 3 is 2.95 bits per heavy atom. The van der Waals surface area contributed by atoms with Crippen molar-refractivity contribution in [3.8, 4) is 5.75 Å². The first kappa shape index (κ1) is 16.8. The van der Waals surface area contributed by atoms with Gasteiger partial charge in [0.05, 0.1) is 7.11 Å². The number of thiocarbonyl (C=S) groups is 1. The van der Waals surface area contributed by atoms with Crippen LogP contribution < -0.4 is 15.8 Å². The summed E-state index contributed by atoms with van der Waals surface area (Å²) in [6, 6.07) is 4.81. The molecule has 2 rings (SSSR count). The standard InChI is InChI=1S/C15H17BrFN3OS/c1-21-13-6-4-5-12(17)11(13)7-10-20-9-3-2-8-15(20,16)19-14(18)22/h2-6,8-9H,7,10H2,1H3,(H3,18,19,22). The number of hydrogen-bond acceptors (Lipinski definition) is 3. The molecule has 0 saturated heterocycles. The van der Waals surface area contributed by atoms with Gasteiger partial charge in [0.2, 0.25) is 0 Å². The molecule has 1 heterocycles. The molecule has 7 heteroatoms. The van der Waals surface area contributed by atoms with Crippen molar-refractivity contribution in [2.24, 2.45) is 5.73 Å². The maximum atomic E-state index is 14.0. The zero-order valence-corrected chi connectivity index (χ0v) is 14.5. The molecular weight excluding hydrogens is 369 g/mol. The number of nitrogens with two attached hydrogens (primary N) is 1. The lowest BCUT2D eigenvalue weighted by atomic mass is 10.1. The van der Waals surface area contributed by atoms with Crippen molar-refractivity contribution in [2.75, 3.05) is 13.7 Å². The van der Waals surface area contributed by atoms with Crippen LogP contribution in [-0.2, 0) is 6.42 Å². The van der Waals surface area contributed by atoms with Gasteiger partial charge in [0.1, 0.15) is 11.6 Å². The average molecular weight is 386 g/mol. The lowest BCUT2D eigenvalue weighted by Gasteiger charge is -2.39. The molecule has 1 aromatic rings. The molecule has 3 N–H and O–H groups in total. The van der Waals surface area contributed by atoms with E-state index in [1.54, 1.807) is 12.1 Å². The molecule has 0 aliphatic carbocycles. The maximum Gasteiger partial charge on any atom is 0.189 e. The predicted molar refractivity (Wildman–Crippen MR) is 93.2 cm³/mol. The van der Waals surface area contributed by atoms with E-state index in [2.05, 4.69) is 21.2 Å². The average Bonchev–Trinajstić information content (AvgIpc) is 2.46. The van der Waals surface area contributed by atoms with Crippen LogP contribution in [0.1, 0.15) is 5.56 Å². The second kappa shape index (κ2) is 7.11. The molecule has 0 aromatic heterocycles. The Labute approximate surface area is 142 Å². The van der Waals surface area contributed by atoms with E-state index < -0.39 is 4.57 Å². The van der Waals surface area contributed by atoms with Gasteiger partial charge in [-0.05, 0) is 58.9 Å². The second-order valence-electron chi connectivity index (χ2n) is 4.73. The molecule has 0 spiro atoms. The van der Waals surface area contributed by atoms with Gasteiger partial charge in [-0.3, -0.25) is 0 Å². The number of rotatable bonds is 5. The summed E-state index contributed by atoms with van der Waals surface area (Å²) in [6.07, 6.45) is 8.00. The van der Waals surface area contributed by atoms with E-state index in [1.165, 1.54) is 13.2 Å². The molecule has 1 aromatic carbocycles. The molecule has 0 bridgehead atoms. The minimum atomic E-state index is -0.716. The van der Waals surface area contributed by atoms with Gasteiger partial charge in [0.15, 0.2) is 9.68 Å². The van der Waals surface area contributed by atoms with Crippen LogP contribution >= 0.6 is 28.1 Å². The van der Waals surface area contributed by atoms with Crippen LogP contribution in [0.2, 0.25) is 0 Å². The number of methoxy groups -OCH3 is 1. The molecule has 1 aliphatic rings. The zero-order chi connectivity index (χ0) is 16.2. The number of allylic oxidation sites excluding steroid dienone is 2. The minimum absolute atomic E-state index is 0.172. The van der Waals surface area contributed by atoms with Crippen LogP contribution in [-0.4, -0.2) is 28.2 Å². The number of halogens is 2. The molecule has 0 saturated carbocycles. The Bertz CT molecular complexity index is 623. The molecule has 0 fully saturated rings. The predicted octanol–water partition coefficient (Wildman–Crippen LogP) is 2.64. The Hall–Kier alpha value is -1.60. The summed E-state index contributed by atoms with van der Waals surface area (Å²) in [5.41, 5.74) is 6.11. The lowest BCUT2D eigenvalue weighted by Crippen LogP contribution is -2.55. The first-order valence-corrected chi connectivity index (χ1v) is 7.87. The van der Waals surface area contributed by atoms with Gasteiger partial charge in [-0.1, -0.05) is 12.1 Å². The zero-order valence-electron chi connectivity index (χ0n) is 12.1. The van der Waals surface area contributed by atoms with Gasteiger partial charge in [-0.15, -0.1) is 0 Å². The molecule has 1 atom stereocenters. The van der Waals surface area contributed by atoms with Gasteiger partial charge in [-0.2, -0.15) is 0 Å². The molecule has 0 amide bonds. The fraction of sp³-hybridized carbons (Fsp3) is 0.267. The SMILES string of the molecule is COc1cccc(F)c1CCN1C=CC=CC1(Br)NC(N)=S. The first-order valence-electron chi connectivity index (χ1n) is 6.67. The minimum Gasteiger partial charge on any atom is -0.496 e. The van der Waals surface area contributed by atoms with Crippen molar-refractivity contribution in [1.82, 2.24) is 10.2 Å². The number of nitrogens with zero attached hydrogens (tertiary/aromatic N) is 1. The second-order valence-corrected chi connectivity index (χ2v) is 6.38. The lowest BCUT2D eigenvalue weighted by molar-refractivity contribution is 0.276. The van der Waals surface area contributed by atoms with Crippen LogP contribution in [0.15, 0.2) is 42.6 Å². The quantitative estimate of drug-likeness (QED) is 0.463. The highest BCUT2D eigenvalue weighted by atomic mass is 79.9. The van der Waals surface area contributed by atoms with Crippen LogP contribution in [0, 0.1) is 5.82 Å². The number of nitrogens with one attached hydrogen (secondary N) is 1. The van der Waals surface area contributed by atoms with Crippen molar-refractivity contribution in [3.05, 3.63) is 54.0 Å². The van der Waals surface area contributed by atoms with E-state index in [1.807, 2.05) is 29.3 Å². The Kier molecular flexibility index (Phi) is 5.42. The fourth-order valence-electron chi connectivity index (χ4n) is 2.27. The third-order valence-electron chi connectivity index (χ3n) is 3.31. The van der Waals surface area contributed by atoms with Gasteiger partial charge in [0, 0.05) is 18.3 Å². The van der Waals surface area contributed by atoms with Crippen molar-refractivity contribution < 1.29 is 9.13 Å². The van der Waals surface area contributed by atoms with Gasteiger partial charge >= 0.3 is 0 Å². The summed E-state index contributed by atoms with van der Waals surface area (Å²) in [5, 5.41) is 3.15. The number of hydrogen-bond donors (Lipinski definition) is 2. The fourth-order valence-corrected chi connectivity index (χ4v) is 3.22. The topological polar surface area (TPSA) is 50.5 Å². The molecular formula is C15H17BrFN3OS. The summed E-state index contributed by atoms with van der Waals surface area (Å²) in [6.45, 7) is 0.541. The first-order chi connectivity index (χ1) is 10.5. The highest BCUT2D eigenvalue weighted by Gasteiger charge is 2.31. The summed E-state index contributed by atoms with van der Waals surface area (Å²) < 4.78 is 18.5. The van der Waals surface area contributed by atoms with Crippen molar-refractivity contribution in [1.29, 1.82) is 0 Å². The third-order valence-corrected chi connectivity index (χ3v) is 4.33. The van der Waals surface area contributed by atoms with Crippen LogP contribution in [0.5, 0.6) is 5.75 Å². The molecule has 4 nitrogen and oxygen atoms in total. The maximum absolute atomic E-state index is 14.0. The van der Waals surface area contributed by atoms with Crippen LogP contribution in [0.25, 0.3) is 0 Å². The highest BCUT2D eigenvalue weighted by Crippen LogP contribution is 2.28. The van der Waals surface area contributed by atoms with Crippen LogP contribution in [0.4, 0.5) is 4.39 Å². The van der Waals surface area contributed by atoms with Crippen molar-refractivity contribution in [3.63, 3.8) is 0 Å². The number of benzene rings is 1.